The molecule has 2 unspecified atom stereocenters. The summed E-state index contributed by atoms with van der Waals surface area (Å²) in [7, 11) is -9.89. The van der Waals surface area contributed by atoms with Gasteiger partial charge in [-0.15, -0.1) is 0 Å². The van der Waals surface area contributed by atoms with E-state index in [-0.39, 0.29) is 25.7 Å². The molecule has 3 N–H and O–H groups in total. The second-order valence-corrected chi connectivity index (χ2v) is 28.3. The number of esters is 4. The average Bonchev–Trinajstić information content (AvgIpc) is 3.50. The molecular weight excluding hydrogens is 1160 g/mol. The summed E-state index contributed by atoms with van der Waals surface area (Å²) >= 11 is 0. The first-order valence-electron chi connectivity index (χ1n) is 36.1. The van der Waals surface area contributed by atoms with Crippen LogP contribution in [0.15, 0.2) is 0 Å². The summed E-state index contributed by atoms with van der Waals surface area (Å²) in [5, 5.41) is 10.6. The minimum Gasteiger partial charge on any atom is -0.462 e. The van der Waals surface area contributed by atoms with E-state index in [0.29, 0.717) is 25.7 Å². The lowest BCUT2D eigenvalue weighted by Gasteiger charge is -2.21. The largest absolute Gasteiger partial charge is 0.472 e. The fourth-order valence-corrected chi connectivity index (χ4v) is 12.0. The molecule has 88 heavy (non-hydrogen) atoms. The van der Waals surface area contributed by atoms with Crippen LogP contribution < -0.4 is 0 Å². The van der Waals surface area contributed by atoms with Gasteiger partial charge in [-0.05, 0) is 31.6 Å². The number of unbranched alkanes of at least 4 members (excludes halogenated alkanes) is 41. The van der Waals surface area contributed by atoms with E-state index in [1.807, 2.05) is 0 Å². The molecule has 0 fully saturated rings. The number of ether oxygens (including phenoxy) is 4. The molecule has 0 spiro atoms. The third-order valence-electron chi connectivity index (χ3n) is 16.0. The predicted octanol–water partition coefficient (Wildman–Crippen LogP) is 19.7. The van der Waals surface area contributed by atoms with Crippen LogP contribution in [-0.2, 0) is 65.4 Å². The molecule has 0 aromatic carbocycles. The minimum absolute atomic E-state index is 0.106. The van der Waals surface area contributed by atoms with Gasteiger partial charge in [-0.2, -0.15) is 0 Å². The highest BCUT2D eigenvalue weighted by atomic mass is 31.2. The van der Waals surface area contributed by atoms with Crippen LogP contribution in [0.1, 0.15) is 356 Å². The van der Waals surface area contributed by atoms with Crippen LogP contribution in [0.5, 0.6) is 0 Å². The molecule has 0 bridgehead atoms. The van der Waals surface area contributed by atoms with Crippen molar-refractivity contribution < 1.29 is 80.2 Å². The van der Waals surface area contributed by atoms with Gasteiger partial charge in [-0.25, -0.2) is 9.13 Å². The lowest BCUT2D eigenvalue weighted by atomic mass is 10.0. The second-order valence-electron chi connectivity index (χ2n) is 25.4. The maximum atomic E-state index is 13.0. The molecule has 0 aliphatic heterocycles. The Morgan fingerprint density at radius 2 is 0.523 bits per heavy atom. The van der Waals surface area contributed by atoms with Crippen LogP contribution in [0.3, 0.4) is 0 Å². The Hall–Kier alpha value is -1.94. The number of carbonyl (C=O) groups is 4. The summed E-state index contributed by atoms with van der Waals surface area (Å²) < 4.78 is 68.2. The molecule has 0 amide bonds. The number of phosphoric ester groups is 2. The molecule has 0 aliphatic rings. The summed E-state index contributed by atoms with van der Waals surface area (Å²) in [6.45, 7) is 7.23. The van der Waals surface area contributed by atoms with Crippen LogP contribution in [-0.4, -0.2) is 96.7 Å². The SMILES string of the molecule is CCCCCCCCCCCCCCCCC(=O)OC[C@H](COP(=O)(O)OC[C@@H](O)COP(=O)(O)OC[C@@H](COC(=O)CCCCCCCCCC)OC(=O)CCCCCCCCCCCC)OC(=O)CCCCCCCCCCCCCCCC(C)C. The number of hydrogen-bond acceptors (Lipinski definition) is 15. The monoisotopic (exact) mass is 1300 g/mol. The van der Waals surface area contributed by atoms with Gasteiger partial charge < -0.3 is 33.8 Å². The normalized spacial score (nSPS) is 14.1. The molecular formula is C69H134O17P2. The van der Waals surface area contributed by atoms with Crippen LogP contribution in [0.25, 0.3) is 0 Å². The number of carbonyl (C=O) groups excluding carboxylic acids is 4. The van der Waals surface area contributed by atoms with Crippen molar-refractivity contribution in [1.29, 1.82) is 0 Å². The molecule has 19 heteroatoms. The highest BCUT2D eigenvalue weighted by Gasteiger charge is 2.30. The van der Waals surface area contributed by atoms with Crippen molar-refractivity contribution in [2.75, 3.05) is 39.6 Å². The van der Waals surface area contributed by atoms with Crippen molar-refractivity contribution in [2.24, 2.45) is 5.92 Å². The maximum absolute atomic E-state index is 13.0. The van der Waals surface area contributed by atoms with E-state index < -0.39 is 97.5 Å². The van der Waals surface area contributed by atoms with Gasteiger partial charge in [0.2, 0.25) is 0 Å². The highest BCUT2D eigenvalue weighted by Crippen LogP contribution is 2.45. The maximum Gasteiger partial charge on any atom is 0.472 e. The quantitative estimate of drug-likeness (QED) is 0.0222. The van der Waals surface area contributed by atoms with E-state index in [1.54, 1.807) is 0 Å². The summed E-state index contributed by atoms with van der Waals surface area (Å²) in [5.41, 5.74) is 0. The van der Waals surface area contributed by atoms with E-state index >= 15 is 0 Å². The van der Waals surface area contributed by atoms with Crippen molar-refractivity contribution in [1.82, 2.24) is 0 Å². The van der Waals surface area contributed by atoms with Crippen molar-refractivity contribution in [3.63, 3.8) is 0 Å². The fraction of sp³-hybridized carbons (Fsp3) is 0.942. The lowest BCUT2D eigenvalue weighted by Crippen LogP contribution is -2.30. The van der Waals surface area contributed by atoms with Crippen molar-refractivity contribution >= 4 is 39.5 Å². The topological polar surface area (TPSA) is 237 Å². The van der Waals surface area contributed by atoms with Crippen LogP contribution in [0.2, 0.25) is 0 Å². The Kier molecular flexibility index (Phi) is 61.1. The number of aliphatic hydroxyl groups excluding tert-OH is 1. The molecule has 0 aromatic heterocycles. The molecule has 522 valence electrons. The molecule has 0 aromatic rings. The Labute approximate surface area is 537 Å². The second kappa shape index (κ2) is 62.5. The van der Waals surface area contributed by atoms with Gasteiger partial charge in [0.25, 0.3) is 0 Å². The van der Waals surface area contributed by atoms with E-state index in [4.69, 9.17) is 37.0 Å². The molecule has 0 saturated carbocycles. The smallest absolute Gasteiger partial charge is 0.462 e. The Morgan fingerprint density at radius 1 is 0.307 bits per heavy atom. The molecule has 0 heterocycles. The first kappa shape index (κ1) is 86.1. The summed E-state index contributed by atoms with van der Waals surface area (Å²) in [6, 6.07) is 0. The fourth-order valence-electron chi connectivity index (χ4n) is 10.5. The molecule has 0 rings (SSSR count). The summed E-state index contributed by atoms with van der Waals surface area (Å²) in [5.74, 6) is -1.34. The summed E-state index contributed by atoms with van der Waals surface area (Å²) in [4.78, 5) is 72.4. The molecule has 0 saturated heterocycles. The van der Waals surface area contributed by atoms with Crippen LogP contribution >= 0.6 is 15.6 Å². The zero-order valence-corrected chi connectivity index (χ0v) is 58.6. The van der Waals surface area contributed by atoms with Crippen LogP contribution in [0.4, 0.5) is 0 Å². The van der Waals surface area contributed by atoms with Crippen LogP contribution in [0, 0.1) is 5.92 Å². The van der Waals surface area contributed by atoms with Gasteiger partial charge in [0.15, 0.2) is 12.2 Å². The number of phosphoric acid groups is 2. The molecule has 0 aliphatic carbocycles. The molecule has 17 nitrogen and oxygen atoms in total. The summed E-state index contributed by atoms with van der Waals surface area (Å²) in [6.07, 6.45) is 48.5. The van der Waals surface area contributed by atoms with Crippen molar-refractivity contribution in [2.45, 2.75) is 374 Å². The van der Waals surface area contributed by atoms with Gasteiger partial charge >= 0.3 is 39.5 Å². The number of rotatable bonds is 69. The zero-order valence-electron chi connectivity index (χ0n) is 56.9. The van der Waals surface area contributed by atoms with Gasteiger partial charge in [-0.3, -0.25) is 37.3 Å². The lowest BCUT2D eigenvalue weighted by molar-refractivity contribution is -0.161. The van der Waals surface area contributed by atoms with E-state index in [9.17, 15) is 43.2 Å². The van der Waals surface area contributed by atoms with Crippen molar-refractivity contribution in [3.05, 3.63) is 0 Å². The third-order valence-corrected chi connectivity index (χ3v) is 17.9. The average molecular weight is 1300 g/mol. The first-order chi connectivity index (χ1) is 42.5. The van der Waals surface area contributed by atoms with E-state index in [1.165, 1.54) is 173 Å². The minimum atomic E-state index is -4.95. The zero-order chi connectivity index (χ0) is 64.9. The van der Waals surface area contributed by atoms with E-state index in [2.05, 4.69) is 34.6 Å². The molecule has 0 radical (unpaired) electrons. The number of aliphatic hydroxyl groups is 1. The Bertz CT molecular complexity index is 1700. The number of hydrogen-bond donors (Lipinski definition) is 3. The van der Waals surface area contributed by atoms with E-state index in [0.717, 1.165) is 102 Å². The molecule has 5 atom stereocenters. The van der Waals surface area contributed by atoms with Crippen molar-refractivity contribution in [3.8, 4) is 0 Å². The third kappa shape index (κ3) is 62.8. The van der Waals surface area contributed by atoms with Gasteiger partial charge in [0.1, 0.15) is 19.3 Å². The standard InChI is InChI=1S/C69H134O17P2/c1-6-9-12-15-18-21-23-24-27-30-34-38-43-48-53-67(72)80-59-65(86-69(74)55-50-45-40-35-31-28-25-26-29-32-36-41-46-51-62(4)5)61-84-88(77,78)82-57-63(70)56-81-87(75,76)83-60-64(58-79-66(71)52-47-42-37-20-17-14-11-8-3)85-68(73)54-49-44-39-33-22-19-16-13-10-7-2/h62-65,70H,6-61H2,1-5H3,(H,75,76)(H,77,78)/t63-,64+,65+/m0/s1. The van der Waals surface area contributed by atoms with Gasteiger partial charge in [0, 0.05) is 25.7 Å². The first-order valence-corrected chi connectivity index (χ1v) is 39.1. The predicted molar refractivity (Wildman–Crippen MR) is 354 cm³/mol. The highest BCUT2D eigenvalue weighted by molar-refractivity contribution is 7.47. The Balaban J connectivity index is 5.21. The Morgan fingerprint density at radius 3 is 0.773 bits per heavy atom. The van der Waals surface area contributed by atoms with Gasteiger partial charge in [0.05, 0.1) is 26.4 Å². The van der Waals surface area contributed by atoms with Gasteiger partial charge in [-0.1, -0.05) is 304 Å².